The molecule has 1 N–H and O–H groups in total. The zero-order chi connectivity index (χ0) is 15.3. The maximum absolute atomic E-state index is 11.6. The Bertz CT molecular complexity index is 485. The van der Waals surface area contributed by atoms with Crippen molar-refractivity contribution in [2.24, 2.45) is 5.41 Å². The fourth-order valence-electron chi connectivity index (χ4n) is 2.90. The summed E-state index contributed by atoms with van der Waals surface area (Å²) in [5.74, 6) is 0.510. The van der Waals surface area contributed by atoms with Crippen LogP contribution in [0.4, 0.5) is 5.95 Å². The lowest BCUT2D eigenvalue weighted by molar-refractivity contribution is -0.150. The molecule has 21 heavy (non-hydrogen) atoms. The summed E-state index contributed by atoms with van der Waals surface area (Å²) in [5.41, 5.74) is -0.581. The number of ether oxygens (including phenoxy) is 1. The van der Waals surface area contributed by atoms with Gasteiger partial charge in [0.15, 0.2) is 0 Å². The Hall–Kier alpha value is -1.85. The Kier molecular flexibility index (Phi) is 4.98. The molecule has 0 aromatic carbocycles. The monoisotopic (exact) mass is 293 g/mol. The van der Waals surface area contributed by atoms with E-state index in [1.165, 1.54) is 0 Å². The molecule has 1 aliphatic heterocycles. The van der Waals surface area contributed by atoms with Gasteiger partial charge in [0.2, 0.25) is 11.8 Å². The van der Waals surface area contributed by atoms with E-state index in [0.717, 1.165) is 12.8 Å². The van der Waals surface area contributed by atoms with E-state index in [2.05, 4.69) is 9.97 Å². The Morgan fingerprint density at radius 3 is 2.71 bits per heavy atom. The van der Waals surface area contributed by atoms with E-state index < -0.39 is 11.4 Å². The van der Waals surface area contributed by atoms with Gasteiger partial charge in [-0.25, -0.2) is 4.98 Å². The van der Waals surface area contributed by atoms with Crippen LogP contribution in [-0.4, -0.2) is 40.7 Å². The van der Waals surface area contributed by atoms with Crippen molar-refractivity contribution < 1.29 is 14.6 Å². The Morgan fingerprint density at radius 1 is 1.43 bits per heavy atom. The number of piperidine rings is 1. The molecule has 6 nitrogen and oxygen atoms in total. The number of aliphatic carboxylic acids is 1. The summed E-state index contributed by atoms with van der Waals surface area (Å²) in [4.78, 5) is 22.3. The average Bonchev–Trinajstić information content (AvgIpc) is 2.49. The van der Waals surface area contributed by atoms with E-state index in [0.29, 0.717) is 44.4 Å². The van der Waals surface area contributed by atoms with E-state index in [1.54, 1.807) is 12.3 Å². The summed E-state index contributed by atoms with van der Waals surface area (Å²) in [6, 6.07) is 1.73. The van der Waals surface area contributed by atoms with E-state index in [9.17, 15) is 9.90 Å². The van der Waals surface area contributed by atoms with Gasteiger partial charge in [0.1, 0.15) is 0 Å². The topological polar surface area (TPSA) is 75.5 Å². The molecule has 0 amide bonds. The van der Waals surface area contributed by atoms with Crippen LogP contribution in [-0.2, 0) is 4.79 Å². The van der Waals surface area contributed by atoms with Gasteiger partial charge in [0, 0.05) is 25.4 Å². The minimum Gasteiger partial charge on any atom is -0.481 e. The van der Waals surface area contributed by atoms with E-state index in [4.69, 9.17) is 4.74 Å². The summed E-state index contributed by atoms with van der Waals surface area (Å²) in [7, 11) is 0. The molecule has 0 atom stereocenters. The summed E-state index contributed by atoms with van der Waals surface area (Å²) in [5, 5.41) is 9.52. The van der Waals surface area contributed by atoms with Crippen LogP contribution in [0.1, 0.15) is 39.5 Å². The Labute approximate surface area is 125 Å². The van der Waals surface area contributed by atoms with E-state index >= 15 is 0 Å². The number of carboxylic acid groups (broad SMARTS) is 1. The second-order valence-electron chi connectivity index (χ2n) is 5.45. The normalized spacial score (nSPS) is 17.5. The van der Waals surface area contributed by atoms with Gasteiger partial charge in [-0.3, -0.25) is 4.79 Å². The third kappa shape index (κ3) is 3.43. The van der Waals surface area contributed by atoms with Crippen LogP contribution in [0.3, 0.4) is 0 Å². The van der Waals surface area contributed by atoms with Gasteiger partial charge in [-0.2, -0.15) is 4.98 Å². The molecule has 1 aromatic rings. The summed E-state index contributed by atoms with van der Waals surface area (Å²) in [6.45, 7) is 5.85. The smallest absolute Gasteiger partial charge is 0.309 e. The minimum atomic E-state index is -0.673. The fourth-order valence-corrected chi connectivity index (χ4v) is 2.90. The first-order valence-electron chi connectivity index (χ1n) is 7.55. The highest BCUT2D eigenvalue weighted by Crippen LogP contribution is 2.37. The number of nitrogens with zero attached hydrogens (tertiary/aromatic N) is 3. The molecule has 0 spiro atoms. The lowest BCUT2D eigenvalue weighted by Crippen LogP contribution is -2.45. The SMILES string of the molecule is CCCC1(C(=O)O)CCN(c2nccc(OCC)n2)CC1. The van der Waals surface area contributed by atoms with Crippen molar-refractivity contribution in [1.29, 1.82) is 0 Å². The molecule has 0 unspecified atom stereocenters. The maximum atomic E-state index is 11.6. The van der Waals surface area contributed by atoms with Gasteiger partial charge in [-0.15, -0.1) is 0 Å². The molecular weight excluding hydrogens is 270 g/mol. The Balaban J connectivity index is 2.06. The van der Waals surface area contributed by atoms with Crippen molar-refractivity contribution in [3.63, 3.8) is 0 Å². The van der Waals surface area contributed by atoms with Crippen LogP contribution in [0.5, 0.6) is 5.88 Å². The molecule has 0 radical (unpaired) electrons. The second-order valence-corrected chi connectivity index (χ2v) is 5.45. The van der Waals surface area contributed by atoms with Crippen LogP contribution in [0.25, 0.3) is 0 Å². The number of carbonyl (C=O) groups is 1. The van der Waals surface area contributed by atoms with Crippen LogP contribution in [0.2, 0.25) is 0 Å². The largest absolute Gasteiger partial charge is 0.481 e. The average molecular weight is 293 g/mol. The van der Waals surface area contributed by atoms with Gasteiger partial charge in [-0.05, 0) is 26.2 Å². The number of anilines is 1. The predicted octanol–water partition coefficient (Wildman–Crippen LogP) is 2.35. The van der Waals surface area contributed by atoms with Gasteiger partial charge in [0.05, 0.1) is 12.0 Å². The molecule has 116 valence electrons. The third-order valence-corrected chi connectivity index (χ3v) is 4.10. The highest BCUT2D eigenvalue weighted by molar-refractivity contribution is 5.75. The second kappa shape index (κ2) is 6.74. The number of aromatic nitrogens is 2. The van der Waals surface area contributed by atoms with Crippen molar-refractivity contribution in [2.45, 2.75) is 39.5 Å². The summed E-state index contributed by atoms with van der Waals surface area (Å²) >= 11 is 0. The zero-order valence-electron chi connectivity index (χ0n) is 12.7. The molecule has 2 heterocycles. The van der Waals surface area contributed by atoms with Crippen molar-refractivity contribution in [3.8, 4) is 5.88 Å². The molecule has 1 saturated heterocycles. The van der Waals surface area contributed by atoms with Crippen LogP contribution >= 0.6 is 0 Å². The lowest BCUT2D eigenvalue weighted by atomic mass is 9.75. The zero-order valence-corrected chi connectivity index (χ0v) is 12.7. The minimum absolute atomic E-state index is 0.561. The fraction of sp³-hybridized carbons (Fsp3) is 0.667. The Morgan fingerprint density at radius 2 is 2.14 bits per heavy atom. The molecule has 1 aliphatic rings. The lowest BCUT2D eigenvalue weighted by Gasteiger charge is -2.38. The molecule has 0 bridgehead atoms. The number of rotatable bonds is 6. The maximum Gasteiger partial charge on any atom is 0.309 e. The van der Waals surface area contributed by atoms with Crippen LogP contribution in [0.15, 0.2) is 12.3 Å². The van der Waals surface area contributed by atoms with Gasteiger partial charge in [-0.1, -0.05) is 13.3 Å². The van der Waals surface area contributed by atoms with Crippen molar-refractivity contribution in [2.75, 3.05) is 24.6 Å². The molecule has 6 heteroatoms. The van der Waals surface area contributed by atoms with Crippen molar-refractivity contribution >= 4 is 11.9 Å². The molecule has 0 aliphatic carbocycles. The predicted molar refractivity (Wildman–Crippen MR) is 79.6 cm³/mol. The number of hydrogen-bond acceptors (Lipinski definition) is 5. The molecule has 1 aromatic heterocycles. The summed E-state index contributed by atoms with van der Waals surface area (Å²) < 4.78 is 5.38. The first-order valence-corrected chi connectivity index (χ1v) is 7.55. The quantitative estimate of drug-likeness (QED) is 0.867. The molecular formula is C15H23N3O3. The van der Waals surface area contributed by atoms with Gasteiger partial charge in [0.25, 0.3) is 0 Å². The van der Waals surface area contributed by atoms with E-state index in [1.807, 2.05) is 18.7 Å². The molecule has 1 fully saturated rings. The standard InChI is InChI=1S/C15H23N3O3/c1-3-6-15(13(19)20)7-10-18(11-8-15)14-16-9-5-12(17-14)21-4-2/h5,9H,3-4,6-8,10-11H2,1-2H3,(H,19,20). The van der Waals surface area contributed by atoms with Gasteiger partial charge >= 0.3 is 5.97 Å². The summed E-state index contributed by atoms with van der Waals surface area (Å²) in [6.07, 6.45) is 4.58. The van der Waals surface area contributed by atoms with Crippen molar-refractivity contribution in [3.05, 3.63) is 12.3 Å². The molecule has 2 rings (SSSR count). The van der Waals surface area contributed by atoms with E-state index in [-0.39, 0.29) is 0 Å². The van der Waals surface area contributed by atoms with Crippen LogP contribution in [0, 0.1) is 5.41 Å². The molecule has 0 saturated carbocycles. The number of carboxylic acids is 1. The number of hydrogen-bond donors (Lipinski definition) is 1. The third-order valence-electron chi connectivity index (χ3n) is 4.10. The highest BCUT2D eigenvalue weighted by atomic mass is 16.5. The highest BCUT2D eigenvalue weighted by Gasteiger charge is 2.41. The van der Waals surface area contributed by atoms with Gasteiger partial charge < -0.3 is 14.7 Å². The first-order chi connectivity index (χ1) is 10.1. The van der Waals surface area contributed by atoms with Crippen molar-refractivity contribution in [1.82, 2.24) is 9.97 Å². The van der Waals surface area contributed by atoms with Crippen LogP contribution < -0.4 is 9.64 Å². The first kappa shape index (κ1) is 15.5.